The van der Waals surface area contributed by atoms with E-state index in [4.69, 9.17) is 9.47 Å². The Morgan fingerprint density at radius 3 is 2.37 bits per heavy atom. The number of aliphatic hydroxyl groups is 1. The molecule has 2 aliphatic heterocycles. The molecule has 35 heavy (non-hydrogen) atoms. The Bertz CT molecular complexity index is 1320. The molecule has 1 atom stereocenters. The van der Waals surface area contributed by atoms with Gasteiger partial charge in [-0.25, -0.2) is 0 Å². The van der Waals surface area contributed by atoms with Crippen molar-refractivity contribution in [3.63, 3.8) is 0 Å². The van der Waals surface area contributed by atoms with E-state index < -0.39 is 17.7 Å². The zero-order valence-corrected chi connectivity index (χ0v) is 19.8. The Morgan fingerprint density at radius 1 is 1.00 bits per heavy atom. The molecule has 5 rings (SSSR count). The molecule has 0 aliphatic carbocycles. The molecule has 7 nitrogen and oxygen atoms in total. The second-order valence-electron chi connectivity index (χ2n) is 9.61. The highest BCUT2D eigenvalue weighted by Gasteiger charge is 2.47. The van der Waals surface area contributed by atoms with E-state index in [0.717, 1.165) is 5.56 Å². The Hall–Kier alpha value is -4.13. The van der Waals surface area contributed by atoms with E-state index in [-0.39, 0.29) is 16.7 Å². The molecule has 0 bridgehead atoms. The SMILES string of the molecule is CC(C)(C)c1ccc(N2C(=O)C(=O)/C(=C(\O)c3ccc4c(c3)OCCO4)C2c2cccnc2)cc1. The fourth-order valence-corrected chi connectivity index (χ4v) is 4.42. The predicted octanol–water partition coefficient (Wildman–Crippen LogP) is 4.78. The molecule has 2 aliphatic rings. The number of aliphatic hydroxyl groups excluding tert-OH is 1. The molecule has 0 spiro atoms. The van der Waals surface area contributed by atoms with Crippen molar-refractivity contribution < 1.29 is 24.2 Å². The first-order valence-corrected chi connectivity index (χ1v) is 11.5. The number of Topliss-reactive ketones (excluding diaryl/α,β-unsaturated/α-hetero) is 1. The summed E-state index contributed by atoms with van der Waals surface area (Å²) in [6.07, 6.45) is 3.22. The molecule has 0 saturated carbocycles. The van der Waals surface area contributed by atoms with Gasteiger partial charge >= 0.3 is 0 Å². The van der Waals surface area contributed by atoms with Crippen LogP contribution in [0, 0.1) is 0 Å². The van der Waals surface area contributed by atoms with Crippen LogP contribution in [-0.2, 0) is 15.0 Å². The third-order valence-electron chi connectivity index (χ3n) is 6.27. The van der Waals surface area contributed by atoms with Gasteiger partial charge in [-0.3, -0.25) is 19.5 Å². The van der Waals surface area contributed by atoms with E-state index in [1.165, 1.54) is 4.90 Å². The highest BCUT2D eigenvalue weighted by Crippen LogP contribution is 2.43. The number of hydrogen-bond donors (Lipinski definition) is 1. The number of aromatic nitrogens is 1. The van der Waals surface area contributed by atoms with Crippen molar-refractivity contribution in [2.45, 2.75) is 32.2 Å². The second-order valence-corrected chi connectivity index (χ2v) is 9.61. The van der Waals surface area contributed by atoms with Gasteiger partial charge < -0.3 is 14.6 Å². The highest BCUT2D eigenvalue weighted by molar-refractivity contribution is 6.51. The maximum atomic E-state index is 13.3. The molecular weight excluding hydrogens is 444 g/mol. The Morgan fingerprint density at radius 2 is 1.71 bits per heavy atom. The predicted molar refractivity (Wildman–Crippen MR) is 132 cm³/mol. The van der Waals surface area contributed by atoms with Crippen molar-refractivity contribution in [2.75, 3.05) is 18.1 Å². The van der Waals surface area contributed by atoms with Crippen LogP contribution in [0.25, 0.3) is 5.76 Å². The average Bonchev–Trinajstić information content (AvgIpc) is 3.13. The van der Waals surface area contributed by atoms with Gasteiger partial charge in [0.15, 0.2) is 11.5 Å². The topological polar surface area (TPSA) is 89.0 Å². The van der Waals surface area contributed by atoms with E-state index in [2.05, 4.69) is 25.8 Å². The molecule has 7 heteroatoms. The maximum absolute atomic E-state index is 13.3. The number of carbonyl (C=O) groups is 2. The molecule has 1 amide bonds. The number of amides is 1. The standard InChI is InChI=1S/C28H26N2O5/c1-28(2,3)19-7-9-20(10-8-19)30-24(18-5-4-12-29-16-18)23(26(32)27(30)33)25(31)17-6-11-21-22(15-17)35-14-13-34-21/h4-12,15-16,24,31H,13-14H2,1-3H3/b25-23-. The van der Waals surface area contributed by atoms with E-state index in [9.17, 15) is 14.7 Å². The van der Waals surface area contributed by atoms with Crippen molar-refractivity contribution in [1.29, 1.82) is 0 Å². The highest BCUT2D eigenvalue weighted by atomic mass is 16.6. The van der Waals surface area contributed by atoms with Crippen molar-refractivity contribution >= 4 is 23.1 Å². The van der Waals surface area contributed by atoms with Crippen LogP contribution in [0.3, 0.4) is 0 Å². The van der Waals surface area contributed by atoms with Crippen molar-refractivity contribution in [3.8, 4) is 11.5 Å². The molecule has 1 saturated heterocycles. The number of fused-ring (bicyclic) bond motifs is 1. The maximum Gasteiger partial charge on any atom is 0.300 e. The van der Waals surface area contributed by atoms with Crippen LogP contribution < -0.4 is 14.4 Å². The van der Waals surface area contributed by atoms with Gasteiger partial charge in [-0.05, 0) is 52.9 Å². The fourth-order valence-electron chi connectivity index (χ4n) is 4.42. The van der Waals surface area contributed by atoms with E-state index in [1.807, 2.05) is 24.3 Å². The number of nitrogens with zero attached hydrogens (tertiary/aromatic N) is 2. The zero-order chi connectivity index (χ0) is 24.7. The number of ether oxygens (including phenoxy) is 2. The van der Waals surface area contributed by atoms with Crippen LogP contribution in [0.5, 0.6) is 11.5 Å². The number of hydrogen-bond acceptors (Lipinski definition) is 6. The fraction of sp³-hybridized carbons (Fsp3) is 0.250. The number of benzene rings is 2. The third-order valence-corrected chi connectivity index (χ3v) is 6.27. The van der Waals surface area contributed by atoms with Gasteiger partial charge in [-0.2, -0.15) is 0 Å². The number of pyridine rings is 1. The molecule has 178 valence electrons. The van der Waals surface area contributed by atoms with E-state index >= 15 is 0 Å². The van der Waals surface area contributed by atoms with Crippen LogP contribution >= 0.6 is 0 Å². The zero-order valence-electron chi connectivity index (χ0n) is 19.8. The van der Waals surface area contributed by atoms with Gasteiger partial charge in [0.1, 0.15) is 19.0 Å². The lowest BCUT2D eigenvalue weighted by molar-refractivity contribution is -0.132. The van der Waals surface area contributed by atoms with E-state index in [0.29, 0.717) is 41.5 Å². The molecule has 1 aromatic heterocycles. The summed E-state index contributed by atoms with van der Waals surface area (Å²) in [5.74, 6) is -0.697. The van der Waals surface area contributed by atoms with Crippen LogP contribution in [0.2, 0.25) is 0 Å². The first kappa shape index (κ1) is 22.7. The van der Waals surface area contributed by atoms with Gasteiger partial charge in [-0.1, -0.05) is 39.0 Å². The van der Waals surface area contributed by atoms with Gasteiger partial charge in [0.2, 0.25) is 0 Å². The summed E-state index contributed by atoms with van der Waals surface area (Å²) >= 11 is 0. The monoisotopic (exact) mass is 470 g/mol. The molecular formula is C28H26N2O5. The average molecular weight is 471 g/mol. The molecule has 1 fully saturated rings. The number of rotatable bonds is 3. The quantitative estimate of drug-likeness (QED) is 0.337. The number of ketones is 1. The lowest BCUT2D eigenvalue weighted by atomic mass is 9.87. The minimum atomic E-state index is -0.836. The molecule has 0 radical (unpaired) electrons. The lowest BCUT2D eigenvalue weighted by Crippen LogP contribution is -2.29. The first-order chi connectivity index (χ1) is 16.8. The van der Waals surface area contributed by atoms with Crippen LogP contribution in [0.15, 0.2) is 72.6 Å². The normalized spacial score (nSPS) is 19.2. The molecule has 3 heterocycles. The number of anilines is 1. The van der Waals surface area contributed by atoms with Gasteiger partial charge in [0.25, 0.3) is 11.7 Å². The largest absolute Gasteiger partial charge is 0.507 e. The summed E-state index contributed by atoms with van der Waals surface area (Å²) in [6, 6.07) is 15.2. The molecule has 2 aromatic carbocycles. The van der Waals surface area contributed by atoms with Gasteiger partial charge in [0.05, 0.1) is 11.6 Å². The second kappa shape index (κ2) is 8.58. The van der Waals surface area contributed by atoms with Crippen LogP contribution in [0.4, 0.5) is 5.69 Å². The minimum Gasteiger partial charge on any atom is -0.507 e. The summed E-state index contributed by atoms with van der Waals surface area (Å²) in [5, 5.41) is 11.3. The smallest absolute Gasteiger partial charge is 0.300 e. The van der Waals surface area contributed by atoms with Crippen LogP contribution in [0.1, 0.15) is 43.5 Å². The summed E-state index contributed by atoms with van der Waals surface area (Å²) in [4.78, 5) is 32.2. The van der Waals surface area contributed by atoms with Crippen molar-refractivity contribution in [2.24, 2.45) is 0 Å². The molecule has 3 aromatic rings. The Kier molecular flexibility index (Phi) is 5.55. The van der Waals surface area contributed by atoms with E-state index in [1.54, 1.807) is 42.7 Å². The first-order valence-electron chi connectivity index (χ1n) is 11.5. The van der Waals surface area contributed by atoms with Crippen molar-refractivity contribution in [1.82, 2.24) is 4.98 Å². The van der Waals surface area contributed by atoms with Gasteiger partial charge in [-0.15, -0.1) is 0 Å². The minimum absolute atomic E-state index is 0.000393. The lowest BCUT2D eigenvalue weighted by Gasteiger charge is -2.26. The number of carbonyl (C=O) groups excluding carboxylic acids is 2. The van der Waals surface area contributed by atoms with Gasteiger partial charge in [0, 0.05) is 23.6 Å². The van der Waals surface area contributed by atoms with Crippen LogP contribution in [-0.4, -0.2) is 35.0 Å². The van der Waals surface area contributed by atoms with Crippen molar-refractivity contribution in [3.05, 3.63) is 89.3 Å². The third kappa shape index (κ3) is 4.03. The summed E-state index contributed by atoms with van der Waals surface area (Å²) in [6.45, 7) is 7.16. The molecule has 1 unspecified atom stereocenters. The summed E-state index contributed by atoms with van der Waals surface area (Å²) < 4.78 is 11.2. The molecule has 1 N–H and O–H groups in total. The Labute approximate surface area is 203 Å². The Balaban J connectivity index is 1.65. The summed E-state index contributed by atoms with van der Waals surface area (Å²) in [5.41, 5.74) is 2.59. The summed E-state index contributed by atoms with van der Waals surface area (Å²) in [7, 11) is 0.